The summed E-state index contributed by atoms with van der Waals surface area (Å²) in [5, 5.41) is 12.7. The standard InChI is InChI=1S/C16H25N3O2/c1-10-8-13(17)4-5-14(10)18-16(21)12(3)19-7-6-15(20)11(2)9-19/h4-5,8,11-12,15,20H,6-7,9,17H2,1-3H3,(H,18,21). The van der Waals surface area contributed by atoms with E-state index in [-0.39, 0.29) is 24.0 Å². The minimum atomic E-state index is -0.254. The molecule has 1 aromatic carbocycles. The molecule has 1 aromatic rings. The van der Waals surface area contributed by atoms with Gasteiger partial charge in [0.2, 0.25) is 5.91 Å². The Morgan fingerprint density at radius 3 is 2.86 bits per heavy atom. The molecular weight excluding hydrogens is 266 g/mol. The van der Waals surface area contributed by atoms with Crippen LogP contribution in [0.5, 0.6) is 0 Å². The quantitative estimate of drug-likeness (QED) is 0.739. The number of piperidine rings is 1. The van der Waals surface area contributed by atoms with Gasteiger partial charge in [-0.3, -0.25) is 9.69 Å². The van der Waals surface area contributed by atoms with Crippen molar-refractivity contribution < 1.29 is 9.90 Å². The summed E-state index contributed by atoms with van der Waals surface area (Å²) >= 11 is 0. The average molecular weight is 291 g/mol. The van der Waals surface area contributed by atoms with Crippen LogP contribution in [0.4, 0.5) is 11.4 Å². The Morgan fingerprint density at radius 1 is 1.52 bits per heavy atom. The third-order valence-electron chi connectivity index (χ3n) is 4.33. The molecule has 0 aliphatic carbocycles. The van der Waals surface area contributed by atoms with Crippen LogP contribution in [0.3, 0.4) is 0 Å². The van der Waals surface area contributed by atoms with E-state index in [4.69, 9.17) is 5.73 Å². The van der Waals surface area contributed by atoms with Crippen molar-refractivity contribution in [3.8, 4) is 0 Å². The SMILES string of the molecule is Cc1cc(N)ccc1NC(=O)C(C)N1CCC(O)C(C)C1. The average Bonchev–Trinajstić information content (AvgIpc) is 2.44. The zero-order valence-electron chi connectivity index (χ0n) is 13.0. The van der Waals surface area contributed by atoms with E-state index in [0.717, 1.165) is 30.8 Å². The molecule has 2 rings (SSSR count). The number of rotatable bonds is 3. The Hall–Kier alpha value is -1.59. The molecule has 4 N–H and O–H groups in total. The molecule has 0 aromatic heterocycles. The highest BCUT2D eigenvalue weighted by Crippen LogP contribution is 2.21. The van der Waals surface area contributed by atoms with Crippen LogP contribution in [0.2, 0.25) is 0 Å². The van der Waals surface area contributed by atoms with Crippen molar-refractivity contribution in [3.05, 3.63) is 23.8 Å². The zero-order valence-corrected chi connectivity index (χ0v) is 13.0. The second kappa shape index (κ2) is 6.45. The van der Waals surface area contributed by atoms with Crippen molar-refractivity contribution in [3.63, 3.8) is 0 Å². The van der Waals surface area contributed by atoms with Crippen LogP contribution in [0, 0.1) is 12.8 Å². The molecule has 1 saturated heterocycles. The Kier molecular flexibility index (Phi) is 4.85. The van der Waals surface area contributed by atoms with Gasteiger partial charge < -0.3 is 16.2 Å². The lowest BCUT2D eigenvalue weighted by molar-refractivity contribution is -0.122. The first-order chi connectivity index (χ1) is 9.88. The van der Waals surface area contributed by atoms with Crippen LogP contribution < -0.4 is 11.1 Å². The van der Waals surface area contributed by atoms with Crippen LogP contribution in [-0.4, -0.2) is 41.1 Å². The number of nitrogens with one attached hydrogen (secondary N) is 1. The first-order valence-electron chi connectivity index (χ1n) is 7.47. The largest absolute Gasteiger partial charge is 0.399 e. The molecule has 0 spiro atoms. The number of aryl methyl sites for hydroxylation is 1. The van der Waals surface area contributed by atoms with Crippen LogP contribution in [0.1, 0.15) is 25.8 Å². The summed E-state index contributed by atoms with van der Waals surface area (Å²) in [4.78, 5) is 14.5. The molecule has 0 saturated carbocycles. The maximum atomic E-state index is 12.4. The molecule has 116 valence electrons. The number of nitrogen functional groups attached to an aromatic ring is 1. The molecule has 1 aliphatic heterocycles. The van der Waals surface area contributed by atoms with Gasteiger partial charge in [-0.1, -0.05) is 6.92 Å². The fourth-order valence-corrected chi connectivity index (χ4v) is 2.75. The summed E-state index contributed by atoms with van der Waals surface area (Å²) in [5.74, 6) is 0.179. The van der Waals surface area contributed by atoms with Gasteiger partial charge in [-0.15, -0.1) is 0 Å². The minimum Gasteiger partial charge on any atom is -0.399 e. The van der Waals surface area contributed by atoms with Crippen molar-refractivity contribution in [2.75, 3.05) is 24.1 Å². The maximum absolute atomic E-state index is 12.4. The lowest BCUT2D eigenvalue weighted by atomic mass is 9.95. The molecular formula is C16H25N3O2. The molecule has 21 heavy (non-hydrogen) atoms. The number of nitrogens with zero attached hydrogens (tertiary/aromatic N) is 1. The number of nitrogens with two attached hydrogens (primary N) is 1. The number of aliphatic hydroxyl groups excluding tert-OH is 1. The van der Waals surface area contributed by atoms with Crippen LogP contribution in [0.25, 0.3) is 0 Å². The molecule has 0 radical (unpaired) electrons. The predicted octanol–water partition coefficient (Wildman–Crippen LogP) is 1.61. The summed E-state index contributed by atoms with van der Waals surface area (Å²) in [6.07, 6.45) is 0.468. The lowest BCUT2D eigenvalue weighted by Gasteiger charge is -2.37. The van der Waals surface area contributed by atoms with Gasteiger partial charge >= 0.3 is 0 Å². The van der Waals surface area contributed by atoms with Gasteiger partial charge in [-0.25, -0.2) is 0 Å². The van der Waals surface area contributed by atoms with Gasteiger partial charge in [0.05, 0.1) is 12.1 Å². The van der Waals surface area contributed by atoms with Crippen LogP contribution >= 0.6 is 0 Å². The van der Waals surface area contributed by atoms with E-state index in [9.17, 15) is 9.90 Å². The van der Waals surface area contributed by atoms with E-state index in [1.807, 2.05) is 32.9 Å². The number of amides is 1. The summed E-state index contributed by atoms with van der Waals surface area (Å²) in [7, 11) is 0. The van der Waals surface area contributed by atoms with E-state index in [1.165, 1.54) is 0 Å². The van der Waals surface area contributed by atoms with Crippen molar-refractivity contribution in [2.24, 2.45) is 5.92 Å². The predicted molar refractivity (Wildman–Crippen MR) is 85.0 cm³/mol. The number of hydrogen-bond acceptors (Lipinski definition) is 4. The van der Waals surface area contributed by atoms with E-state index < -0.39 is 0 Å². The molecule has 5 heteroatoms. The lowest BCUT2D eigenvalue weighted by Crippen LogP contribution is -2.50. The molecule has 1 aliphatic rings. The fraction of sp³-hybridized carbons (Fsp3) is 0.562. The van der Waals surface area contributed by atoms with Gasteiger partial charge in [-0.05, 0) is 49.9 Å². The number of likely N-dealkylation sites (tertiary alicyclic amines) is 1. The molecule has 1 heterocycles. The molecule has 1 fully saturated rings. The molecule has 3 unspecified atom stereocenters. The number of anilines is 2. The Bertz CT molecular complexity index is 518. The third kappa shape index (κ3) is 3.74. The zero-order chi connectivity index (χ0) is 15.6. The van der Waals surface area contributed by atoms with E-state index in [0.29, 0.717) is 5.69 Å². The summed E-state index contributed by atoms with van der Waals surface area (Å²) in [6.45, 7) is 7.35. The van der Waals surface area contributed by atoms with Crippen molar-refractivity contribution in [2.45, 2.75) is 39.3 Å². The monoisotopic (exact) mass is 291 g/mol. The Morgan fingerprint density at radius 2 is 2.24 bits per heavy atom. The number of carbonyl (C=O) groups excluding carboxylic acids is 1. The van der Waals surface area contributed by atoms with Crippen LogP contribution in [-0.2, 0) is 4.79 Å². The second-order valence-electron chi connectivity index (χ2n) is 6.07. The first kappa shape index (κ1) is 15.8. The smallest absolute Gasteiger partial charge is 0.241 e. The van der Waals surface area contributed by atoms with Crippen molar-refractivity contribution in [1.29, 1.82) is 0 Å². The van der Waals surface area contributed by atoms with Gasteiger partial charge in [0, 0.05) is 24.5 Å². The second-order valence-corrected chi connectivity index (χ2v) is 6.07. The highest BCUT2D eigenvalue weighted by molar-refractivity contribution is 5.95. The first-order valence-corrected chi connectivity index (χ1v) is 7.47. The highest BCUT2D eigenvalue weighted by Gasteiger charge is 2.30. The number of benzene rings is 1. The van der Waals surface area contributed by atoms with E-state index in [2.05, 4.69) is 10.2 Å². The van der Waals surface area contributed by atoms with E-state index >= 15 is 0 Å². The van der Waals surface area contributed by atoms with Gasteiger partial charge in [-0.2, -0.15) is 0 Å². The fourth-order valence-electron chi connectivity index (χ4n) is 2.75. The van der Waals surface area contributed by atoms with Gasteiger partial charge in [0.1, 0.15) is 0 Å². The molecule has 5 nitrogen and oxygen atoms in total. The molecule has 0 bridgehead atoms. The molecule has 1 amide bonds. The van der Waals surface area contributed by atoms with Crippen molar-refractivity contribution in [1.82, 2.24) is 4.90 Å². The normalized spacial score (nSPS) is 24.6. The highest BCUT2D eigenvalue weighted by atomic mass is 16.3. The van der Waals surface area contributed by atoms with Gasteiger partial charge in [0.15, 0.2) is 0 Å². The third-order valence-corrected chi connectivity index (χ3v) is 4.33. The minimum absolute atomic E-state index is 0.0218. The summed E-state index contributed by atoms with van der Waals surface area (Å²) < 4.78 is 0. The maximum Gasteiger partial charge on any atom is 0.241 e. The van der Waals surface area contributed by atoms with Crippen molar-refractivity contribution >= 4 is 17.3 Å². The number of carbonyl (C=O) groups is 1. The Balaban J connectivity index is 1.99. The topological polar surface area (TPSA) is 78.6 Å². The Labute approximate surface area is 126 Å². The summed E-state index contributed by atoms with van der Waals surface area (Å²) in [6, 6.07) is 5.25. The van der Waals surface area contributed by atoms with E-state index in [1.54, 1.807) is 6.07 Å². The molecule has 3 atom stereocenters. The summed E-state index contributed by atoms with van der Waals surface area (Å²) in [5.41, 5.74) is 8.16. The van der Waals surface area contributed by atoms with Gasteiger partial charge in [0.25, 0.3) is 0 Å². The van der Waals surface area contributed by atoms with Crippen LogP contribution in [0.15, 0.2) is 18.2 Å². The number of aliphatic hydroxyl groups is 1. The number of hydrogen-bond donors (Lipinski definition) is 3.